The highest BCUT2D eigenvalue weighted by Gasteiger charge is 2.33. The van der Waals surface area contributed by atoms with Gasteiger partial charge in [-0.3, -0.25) is 14.5 Å². The number of anilines is 2. The number of benzene rings is 3. The summed E-state index contributed by atoms with van der Waals surface area (Å²) in [6.45, 7) is 5.86. The molecule has 0 atom stereocenters. The second-order valence-corrected chi connectivity index (χ2v) is 9.71. The normalized spacial score (nSPS) is 14.6. The van der Waals surface area contributed by atoms with Gasteiger partial charge in [0.05, 0.1) is 10.6 Å². The molecular weight excluding hydrogens is 464 g/mol. The highest BCUT2D eigenvalue weighted by molar-refractivity contribution is 8.27. The molecule has 1 N–H and O–H groups in total. The van der Waals surface area contributed by atoms with Gasteiger partial charge >= 0.3 is 0 Å². The summed E-state index contributed by atoms with van der Waals surface area (Å²) in [6.07, 6.45) is 1.79. The van der Waals surface area contributed by atoms with Crippen molar-refractivity contribution in [3.05, 3.63) is 93.9 Å². The van der Waals surface area contributed by atoms with Gasteiger partial charge < -0.3 is 10.1 Å². The molecule has 7 heteroatoms. The van der Waals surface area contributed by atoms with Gasteiger partial charge in [0.15, 0.2) is 10.9 Å². The van der Waals surface area contributed by atoms with Crippen molar-refractivity contribution in [1.29, 1.82) is 0 Å². The van der Waals surface area contributed by atoms with Crippen LogP contribution in [0.15, 0.2) is 71.6 Å². The molecule has 1 fully saturated rings. The zero-order valence-corrected chi connectivity index (χ0v) is 20.8. The minimum atomic E-state index is -0.232. The molecule has 0 aliphatic carbocycles. The molecule has 3 aromatic rings. The second kappa shape index (κ2) is 10.2. The van der Waals surface area contributed by atoms with Crippen molar-refractivity contribution in [2.24, 2.45) is 0 Å². The number of carbonyl (C=O) groups is 2. The maximum atomic E-state index is 12.9. The molecule has 2 amide bonds. The SMILES string of the molecule is Cc1cc(C)c(NC(=O)COc2cccc(/C=C3\SC(=S)N(c4ccccc4)C3=O)c2)c(C)c1. The van der Waals surface area contributed by atoms with E-state index in [1.54, 1.807) is 18.2 Å². The Morgan fingerprint density at radius 1 is 1.03 bits per heavy atom. The fraction of sp³-hybridized carbons (Fsp3) is 0.148. The minimum Gasteiger partial charge on any atom is -0.484 e. The summed E-state index contributed by atoms with van der Waals surface area (Å²) in [6, 6.07) is 20.7. The topological polar surface area (TPSA) is 58.6 Å². The largest absolute Gasteiger partial charge is 0.484 e. The van der Waals surface area contributed by atoms with Crippen molar-refractivity contribution in [3.8, 4) is 5.75 Å². The number of carbonyl (C=O) groups excluding carboxylic acids is 2. The van der Waals surface area contributed by atoms with Crippen LogP contribution in [0, 0.1) is 20.8 Å². The van der Waals surface area contributed by atoms with Gasteiger partial charge in [-0.2, -0.15) is 0 Å². The Bertz CT molecular complexity index is 1280. The zero-order valence-electron chi connectivity index (χ0n) is 19.1. The summed E-state index contributed by atoms with van der Waals surface area (Å²) in [5.74, 6) is 0.153. The monoisotopic (exact) mass is 488 g/mol. The van der Waals surface area contributed by atoms with E-state index in [0.29, 0.717) is 15.0 Å². The predicted octanol–water partition coefficient (Wildman–Crippen LogP) is 6.04. The number of nitrogens with zero attached hydrogens (tertiary/aromatic N) is 1. The van der Waals surface area contributed by atoms with E-state index < -0.39 is 0 Å². The summed E-state index contributed by atoms with van der Waals surface area (Å²) in [5.41, 5.74) is 5.53. The molecule has 1 saturated heterocycles. The second-order valence-electron chi connectivity index (χ2n) is 8.04. The van der Waals surface area contributed by atoms with Crippen molar-refractivity contribution in [3.63, 3.8) is 0 Å². The molecule has 1 heterocycles. The molecule has 172 valence electrons. The first-order valence-corrected chi connectivity index (χ1v) is 12.0. The fourth-order valence-electron chi connectivity index (χ4n) is 3.81. The van der Waals surface area contributed by atoms with Crippen molar-refractivity contribution < 1.29 is 14.3 Å². The molecule has 1 aliphatic heterocycles. The predicted molar refractivity (Wildman–Crippen MR) is 143 cm³/mol. The van der Waals surface area contributed by atoms with E-state index >= 15 is 0 Å². The molecule has 5 nitrogen and oxygen atoms in total. The van der Waals surface area contributed by atoms with E-state index in [1.165, 1.54) is 16.7 Å². The van der Waals surface area contributed by atoms with Crippen LogP contribution in [0.4, 0.5) is 11.4 Å². The lowest BCUT2D eigenvalue weighted by Gasteiger charge is -2.14. The number of ether oxygens (including phenoxy) is 1. The average molecular weight is 489 g/mol. The van der Waals surface area contributed by atoms with Gasteiger partial charge in [0.2, 0.25) is 0 Å². The van der Waals surface area contributed by atoms with E-state index in [2.05, 4.69) is 5.32 Å². The van der Waals surface area contributed by atoms with Crippen LogP contribution in [0.3, 0.4) is 0 Å². The molecule has 4 rings (SSSR count). The van der Waals surface area contributed by atoms with Crippen molar-refractivity contribution in [2.75, 3.05) is 16.8 Å². The van der Waals surface area contributed by atoms with Gasteiger partial charge in [-0.1, -0.05) is 72.0 Å². The lowest BCUT2D eigenvalue weighted by molar-refractivity contribution is -0.118. The maximum Gasteiger partial charge on any atom is 0.270 e. The van der Waals surface area contributed by atoms with Crippen LogP contribution in [0.1, 0.15) is 22.3 Å². The molecule has 1 aliphatic rings. The molecule has 3 aromatic carbocycles. The molecule has 0 saturated carbocycles. The maximum absolute atomic E-state index is 12.9. The van der Waals surface area contributed by atoms with Gasteiger partial charge in [-0.05, 0) is 67.8 Å². The first kappa shape index (κ1) is 23.7. The third kappa shape index (κ3) is 5.38. The van der Waals surface area contributed by atoms with E-state index in [9.17, 15) is 9.59 Å². The number of amides is 2. The van der Waals surface area contributed by atoms with E-state index in [-0.39, 0.29) is 18.4 Å². The minimum absolute atomic E-state index is 0.119. The third-order valence-electron chi connectivity index (χ3n) is 5.28. The van der Waals surface area contributed by atoms with Gasteiger partial charge in [0.1, 0.15) is 5.75 Å². The van der Waals surface area contributed by atoms with Crippen molar-refractivity contribution in [2.45, 2.75) is 20.8 Å². The number of rotatable bonds is 6. The Morgan fingerprint density at radius 3 is 2.44 bits per heavy atom. The quantitative estimate of drug-likeness (QED) is 0.339. The number of thioether (sulfide) groups is 1. The van der Waals surface area contributed by atoms with Gasteiger partial charge in [0.25, 0.3) is 11.8 Å². The summed E-state index contributed by atoms with van der Waals surface area (Å²) in [7, 11) is 0. The average Bonchev–Trinajstić information content (AvgIpc) is 3.08. The highest BCUT2D eigenvalue weighted by Crippen LogP contribution is 2.36. The molecule has 34 heavy (non-hydrogen) atoms. The molecular formula is C27H24N2O3S2. The van der Waals surface area contributed by atoms with Crippen LogP contribution in [-0.2, 0) is 9.59 Å². The van der Waals surface area contributed by atoms with Crippen LogP contribution in [0.2, 0.25) is 0 Å². The summed E-state index contributed by atoms with van der Waals surface area (Å²) < 4.78 is 6.21. The van der Waals surface area contributed by atoms with E-state index in [1.807, 2.05) is 75.4 Å². The van der Waals surface area contributed by atoms with Crippen LogP contribution in [0.25, 0.3) is 6.08 Å². The number of hydrogen-bond donors (Lipinski definition) is 1. The number of aryl methyl sites for hydroxylation is 3. The Labute approximate surface area is 208 Å². The van der Waals surface area contributed by atoms with Crippen LogP contribution in [-0.4, -0.2) is 22.7 Å². The number of thiocarbonyl (C=S) groups is 1. The number of nitrogens with one attached hydrogen (secondary N) is 1. The molecule has 0 bridgehead atoms. The van der Waals surface area contributed by atoms with Crippen molar-refractivity contribution in [1.82, 2.24) is 0 Å². The summed E-state index contributed by atoms with van der Waals surface area (Å²) in [5, 5.41) is 2.94. The van der Waals surface area contributed by atoms with Crippen molar-refractivity contribution >= 4 is 57.6 Å². The first-order chi connectivity index (χ1) is 16.3. The van der Waals surface area contributed by atoms with Gasteiger partial charge in [-0.25, -0.2) is 0 Å². The standard InChI is InChI=1S/C27H24N2O3S2/c1-17-12-18(2)25(19(3)13-17)28-24(30)16-32-22-11-7-8-20(14-22)15-23-26(31)29(27(33)34-23)21-9-5-4-6-10-21/h4-15H,16H2,1-3H3,(H,28,30)/b23-15-. The summed E-state index contributed by atoms with van der Waals surface area (Å²) in [4.78, 5) is 27.5. The zero-order chi connectivity index (χ0) is 24.2. The molecule has 0 unspecified atom stereocenters. The third-order valence-corrected chi connectivity index (χ3v) is 6.58. The highest BCUT2D eigenvalue weighted by atomic mass is 32.2. The van der Waals surface area contributed by atoms with Gasteiger partial charge in [-0.15, -0.1) is 0 Å². The lowest BCUT2D eigenvalue weighted by Crippen LogP contribution is -2.27. The van der Waals surface area contributed by atoms with E-state index in [4.69, 9.17) is 17.0 Å². The Morgan fingerprint density at radius 2 is 1.74 bits per heavy atom. The molecule has 0 aromatic heterocycles. The molecule has 0 radical (unpaired) electrons. The number of hydrogen-bond acceptors (Lipinski definition) is 5. The van der Waals surface area contributed by atoms with Crippen LogP contribution < -0.4 is 15.0 Å². The Balaban J connectivity index is 1.43. The number of para-hydroxylation sites is 1. The lowest BCUT2D eigenvalue weighted by atomic mass is 10.1. The van der Waals surface area contributed by atoms with Gasteiger partial charge in [0, 0.05) is 5.69 Å². The Hall–Kier alpha value is -3.42. The fourth-order valence-corrected chi connectivity index (χ4v) is 5.11. The van der Waals surface area contributed by atoms with Crippen LogP contribution in [0.5, 0.6) is 5.75 Å². The smallest absolute Gasteiger partial charge is 0.270 e. The van der Waals surface area contributed by atoms with E-state index in [0.717, 1.165) is 33.6 Å². The Kier molecular flexibility index (Phi) is 7.14. The van der Waals surface area contributed by atoms with Crippen LogP contribution >= 0.6 is 24.0 Å². The summed E-state index contributed by atoms with van der Waals surface area (Å²) >= 11 is 6.69. The molecule has 0 spiro atoms. The first-order valence-electron chi connectivity index (χ1n) is 10.8.